The van der Waals surface area contributed by atoms with Gasteiger partial charge in [0.05, 0.1) is 7.11 Å². The second kappa shape index (κ2) is 10.2. The monoisotopic (exact) mass is 569 g/mol. The molecule has 0 saturated heterocycles. The lowest BCUT2D eigenvalue weighted by Gasteiger charge is -2.11. The minimum absolute atomic E-state index is 0.0259. The molecular weight excluding hydrogens is 553 g/mol. The van der Waals surface area contributed by atoms with E-state index in [1.165, 1.54) is 43.5 Å². The first-order chi connectivity index (χ1) is 14.8. The van der Waals surface area contributed by atoms with Crippen LogP contribution in [0.5, 0.6) is 11.5 Å². The Morgan fingerprint density at radius 1 is 1.00 bits per heavy atom. The van der Waals surface area contributed by atoms with E-state index in [0.717, 1.165) is 3.57 Å². The molecule has 3 aromatic carbocycles. The molecule has 9 heteroatoms. The highest BCUT2D eigenvalue weighted by molar-refractivity contribution is 14.1. The van der Waals surface area contributed by atoms with Crippen molar-refractivity contribution in [2.45, 2.75) is 4.90 Å². The number of amides is 1. The van der Waals surface area contributed by atoms with Gasteiger partial charge in [0, 0.05) is 20.4 Å². The Bertz CT molecular complexity index is 1210. The molecule has 0 spiro atoms. The molecule has 0 aromatic heterocycles. The van der Waals surface area contributed by atoms with E-state index in [9.17, 15) is 13.2 Å². The maximum absolute atomic E-state index is 12.5. The summed E-state index contributed by atoms with van der Waals surface area (Å²) in [5.41, 5.74) is 1.31. The Hall–Kier alpha value is -2.56. The third-order valence-electron chi connectivity index (χ3n) is 4.03. The zero-order valence-corrected chi connectivity index (χ0v) is 19.9. The van der Waals surface area contributed by atoms with E-state index in [0.29, 0.717) is 16.3 Å². The van der Waals surface area contributed by atoms with Crippen molar-refractivity contribution >= 4 is 62.0 Å². The Morgan fingerprint density at radius 3 is 2.32 bits per heavy atom. The highest BCUT2D eigenvalue weighted by Gasteiger charge is 2.19. The highest BCUT2D eigenvalue weighted by Crippen LogP contribution is 2.31. The molecule has 0 unspecified atom stereocenters. The summed E-state index contributed by atoms with van der Waals surface area (Å²) >= 11 is 7.98. The van der Waals surface area contributed by atoms with Gasteiger partial charge in [0.2, 0.25) is 5.91 Å². The number of carbonyl (C=O) groups excluding carboxylic acids is 1. The van der Waals surface area contributed by atoms with Crippen molar-refractivity contribution in [2.75, 3.05) is 12.4 Å². The predicted molar refractivity (Wildman–Crippen MR) is 129 cm³/mol. The zero-order chi connectivity index (χ0) is 22.4. The van der Waals surface area contributed by atoms with E-state index in [1.807, 2.05) is 24.3 Å². The molecule has 1 N–H and O–H groups in total. The zero-order valence-electron chi connectivity index (χ0n) is 16.2. The summed E-state index contributed by atoms with van der Waals surface area (Å²) in [6.45, 7) is 0. The molecule has 0 aliphatic heterocycles. The average molecular weight is 570 g/mol. The van der Waals surface area contributed by atoms with Crippen LogP contribution in [0.15, 0.2) is 77.7 Å². The Morgan fingerprint density at radius 2 is 1.68 bits per heavy atom. The predicted octanol–water partition coefficient (Wildman–Crippen LogP) is 5.37. The molecule has 3 rings (SSSR count). The van der Waals surface area contributed by atoms with E-state index >= 15 is 0 Å². The van der Waals surface area contributed by atoms with Crippen molar-refractivity contribution in [3.8, 4) is 11.5 Å². The van der Waals surface area contributed by atoms with Gasteiger partial charge in [0.15, 0.2) is 11.5 Å². The van der Waals surface area contributed by atoms with Crippen LogP contribution in [0.1, 0.15) is 5.56 Å². The van der Waals surface area contributed by atoms with Crippen LogP contribution in [0.4, 0.5) is 5.69 Å². The topological polar surface area (TPSA) is 81.7 Å². The van der Waals surface area contributed by atoms with E-state index in [1.54, 1.807) is 18.2 Å². The quantitative estimate of drug-likeness (QED) is 0.235. The third kappa shape index (κ3) is 6.46. The normalized spacial score (nSPS) is 11.3. The van der Waals surface area contributed by atoms with Crippen LogP contribution < -0.4 is 14.2 Å². The van der Waals surface area contributed by atoms with E-state index in [4.69, 9.17) is 20.5 Å². The molecule has 0 aliphatic rings. The summed E-state index contributed by atoms with van der Waals surface area (Å²) in [7, 11) is -2.66. The minimum atomic E-state index is -4.06. The van der Waals surface area contributed by atoms with Gasteiger partial charge >= 0.3 is 10.1 Å². The van der Waals surface area contributed by atoms with Gasteiger partial charge in [-0.2, -0.15) is 8.42 Å². The first kappa shape index (κ1) is 23.1. The molecule has 0 fully saturated rings. The maximum Gasteiger partial charge on any atom is 0.339 e. The number of methoxy groups -OCH3 is 1. The largest absolute Gasteiger partial charge is 0.493 e. The van der Waals surface area contributed by atoms with Gasteiger partial charge in [-0.3, -0.25) is 4.79 Å². The first-order valence-corrected chi connectivity index (χ1v) is 11.8. The van der Waals surface area contributed by atoms with Crippen LogP contribution in [-0.2, 0) is 14.9 Å². The number of rotatable bonds is 7. The van der Waals surface area contributed by atoms with Gasteiger partial charge in [-0.15, -0.1) is 0 Å². The number of halogens is 2. The maximum atomic E-state index is 12.5. The number of anilines is 1. The smallest absolute Gasteiger partial charge is 0.339 e. The summed E-state index contributed by atoms with van der Waals surface area (Å²) in [4.78, 5) is 12.1. The summed E-state index contributed by atoms with van der Waals surface area (Å²) in [6.07, 6.45) is 2.96. The summed E-state index contributed by atoms with van der Waals surface area (Å²) in [5, 5.41) is 3.17. The van der Waals surface area contributed by atoms with Crippen LogP contribution in [0.25, 0.3) is 6.08 Å². The molecule has 31 heavy (non-hydrogen) atoms. The van der Waals surface area contributed by atoms with Gasteiger partial charge < -0.3 is 14.2 Å². The summed E-state index contributed by atoms with van der Waals surface area (Å²) < 4.78 is 36.5. The Labute approximate surface area is 199 Å². The second-order valence-corrected chi connectivity index (χ2v) is 9.46. The average Bonchev–Trinajstić information content (AvgIpc) is 2.74. The molecular formula is C22H17ClINO5S. The number of hydrogen-bond donors (Lipinski definition) is 1. The van der Waals surface area contributed by atoms with E-state index < -0.39 is 10.1 Å². The molecule has 0 bridgehead atoms. The van der Waals surface area contributed by atoms with Gasteiger partial charge in [-0.1, -0.05) is 17.7 Å². The third-order valence-corrected chi connectivity index (χ3v) is 6.25. The van der Waals surface area contributed by atoms with Gasteiger partial charge in [-0.05, 0) is 94.9 Å². The highest BCUT2D eigenvalue weighted by atomic mass is 127. The van der Waals surface area contributed by atoms with Crippen LogP contribution in [0.3, 0.4) is 0 Å². The number of hydrogen-bond acceptors (Lipinski definition) is 5. The second-order valence-electron chi connectivity index (χ2n) is 6.23. The molecule has 160 valence electrons. The summed E-state index contributed by atoms with van der Waals surface area (Å²) in [6, 6.07) is 17.7. The number of ether oxygens (including phenoxy) is 1. The Balaban J connectivity index is 1.73. The minimum Gasteiger partial charge on any atom is -0.493 e. The molecule has 0 aliphatic carbocycles. The standard InChI is InChI=1S/C22H17ClINO5S/c1-29-21-14-15(3-13-22(26)25-18-8-6-17(24)7-9-18)2-12-20(21)30-31(27,28)19-10-4-16(23)5-11-19/h2-14H,1H3,(H,25,26)/b13-3+. The molecule has 3 aromatic rings. The number of nitrogens with one attached hydrogen (secondary N) is 1. The van der Waals surface area contributed by atoms with Crippen molar-refractivity contribution < 1.29 is 22.1 Å². The molecule has 0 saturated carbocycles. The van der Waals surface area contributed by atoms with Crippen molar-refractivity contribution in [3.05, 3.63) is 87.0 Å². The molecule has 0 atom stereocenters. The lowest BCUT2D eigenvalue weighted by atomic mass is 10.2. The molecule has 1 amide bonds. The fourth-order valence-corrected chi connectivity index (χ4v) is 3.94. The Kier molecular flexibility index (Phi) is 7.58. The van der Waals surface area contributed by atoms with Gasteiger partial charge in [0.1, 0.15) is 4.90 Å². The molecule has 0 radical (unpaired) electrons. The van der Waals surface area contributed by atoms with Gasteiger partial charge in [-0.25, -0.2) is 0 Å². The van der Waals surface area contributed by atoms with Crippen molar-refractivity contribution in [2.24, 2.45) is 0 Å². The fraction of sp³-hybridized carbons (Fsp3) is 0.0455. The number of benzene rings is 3. The SMILES string of the molecule is COc1cc(/C=C/C(=O)Nc2ccc(I)cc2)ccc1OS(=O)(=O)c1ccc(Cl)cc1. The van der Waals surface area contributed by atoms with E-state index in [2.05, 4.69) is 27.9 Å². The first-order valence-electron chi connectivity index (χ1n) is 8.89. The fourth-order valence-electron chi connectivity index (χ4n) is 2.51. The van der Waals surface area contributed by atoms with Crippen LogP contribution in [-0.4, -0.2) is 21.4 Å². The van der Waals surface area contributed by atoms with E-state index in [-0.39, 0.29) is 22.3 Å². The molecule has 6 nitrogen and oxygen atoms in total. The van der Waals surface area contributed by atoms with Crippen molar-refractivity contribution in [3.63, 3.8) is 0 Å². The van der Waals surface area contributed by atoms with Crippen LogP contribution >= 0.6 is 34.2 Å². The summed E-state index contributed by atoms with van der Waals surface area (Å²) in [5.74, 6) is -0.0681. The van der Waals surface area contributed by atoms with Crippen molar-refractivity contribution in [1.82, 2.24) is 0 Å². The molecule has 0 heterocycles. The van der Waals surface area contributed by atoms with Crippen LogP contribution in [0, 0.1) is 3.57 Å². The van der Waals surface area contributed by atoms with Crippen LogP contribution in [0.2, 0.25) is 5.02 Å². The lowest BCUT2D eigenvalue weighted by Crippen LogP contribution is -2.10. The van der Waals surface area contributed by atoms with Gasteiger partial charge in [0.25, 0.3) is 0 Å². The lowest BCUT2D eigenvalue weighted by molar-refractivity contribution is -0.111. The number of carbonyl (C=O) groups is 1. The van der Waals surface area contributed by atoms with Crippen molar-refractivity contribution in [1.29, 1.82) is 0 Å².